The number of carboxylic acids is 1. The highest BCUT2D eigenvalue weighted by molar-refractivity contribution is 8.14. The molecule has 0 spiro atoms. The Morgan fingerprint density at radius 2 is 2.05 bits per heavy atom. The zero-order valence-corrected chi connectivity index (χ0v) is 12.4. The van der Waals surface area contributed by atoms with Crippen molar-refractivity contribution in [3.8, 4) is 0 Å². The molecular weight excluding hydrogens is 281 g/mol. The smallest absolute Gasteiger partial charge is 0.318 e. The second kappa shape index (κ2) is 6.62. The van der Waals surface area contributed by atoms with E-state index in [1.165, 1.54) is 0 Å². The molecule has 0 saturated carbocycles. The summed E-state index contributed by atoms with van der Waals surface area (Å²) in [5.74, 6) is -0.852. The minimum Gasteiger partial charge on any atom is -0.480 e. The van der Waals surface area contributed by atoms with E-state index < -0.39 is 12.4 Å². The molecule has 0 bridgehead atoms. The Hall–Kier alpha value is -0.740. The molecule has 104 valence electrons. The maximum absolute atomic E-state index is 11.1. The van der Waals surface area contributed by atoms with Crippen LogP contribution in [0.1, 0.15) is 19.3 Å². The summed E-state index contributed by atoms with van der Waals surface area (Å²) in [6.45, 7) is 1.26. The SMILES string of the molecule is O=C(O)CN1CCCCCOP1(=S)c1ccccc1. The fourth-order valence-corrected chi connectivity index (χ4v) is 5.44. The van der Waals surface area contributed by atoms with Crippen LogP contribution in [0.25, 0.3) is 0 Å². The van der Waals surface area contributed by atoms with Crippen molar-refractivity contribution in [1.82, 2.24) is 4.67 Å². The van der Waals surface area contributed by atoms with Gasteiger partial charge in [-0.15, -0.1) is 0 Å². The maximum Gasteiger partial charge on any atom is 0.318 e. The van der Waals surface area contributed by atoms with Gasteiger partial charge in [-0.2, -0.15) is 0 Å². The molecule has 1 aromatic rings. The fourth-order valence-electron chi connectivity index (χ4n) is 2.16. The number of aliphatic carboxylic acids is 1. The molecule has 6 heteroatoms. The number of nitrogens with zero attached hydrogens (tertiary/aromatic N) is 1. The first-order chi connectivity index (χ1) is 9.13. The summed E-state index contributed by atoms with van der Waals surface area (Å²) in [4.78, 5) is 11.1. The summed E-state index contributed by atoms with van der Waals surface area (Å²) in [5, 5.41) is 10.0. The molecule has 1 aliphatic heterocycles. The van der Waals surface area contributed by atoms with E-state index >= 15 is 0 Å². The maximum atomic E-state index is 11.1. The zero-order chi connectivity index (χ0) is 13.7. The van der Waals surface area contributed by atoms with E-state index in [4.69, 9.17) is 21.4 Å². The quantitative estimate of drug-likeness (QED) is 0.867. The van der Waals surface area contributed by atoms with Crippen LogP contribution in [0.5, 0.6) is 0 Å². The predicted octanol–water partition coefficient (Wildman–Crippen LogP) is 2.21. The first-order valence-electron chi connectivity index (χ1n) is 6.40. The van der Waals surface area contributed by atoms with E-state index in [9.17, 15) is 4.79 Å². The normalized spacial score (nSPS) is 25.5. The molecule has 1 fully saturated rings. The van der Waals surface area contributed by atoms with Crippen LogP contribution in [0, 0.1) is 0 Å². The van der Waals surface area contributed by atoms with Gasteiger partial charge < -0.3 is 9.63 Å². The summed E-state index contributed by atoms with van der Waals surface area (Å²) < 4.78 is 7.80. The van der Waals surface area contributed by atoms with E-state index in [1.807, 2.05) is 35.0 Å². The third kappa shape index (κ3) is 3.63. The Morgan fingerprint density at radius 3 is 2.74 bits per heavy atom. The van der Waals surface area contributed by atoms with Gasteiger partial charge in [0.15, 0.2) is 6.42 Å². The van der Waals surface area contributed by atoms with Gasteiger partial charge >= 0.3 is 5.97 Å². The molecule has 1 aliphatic rings. The van der Waals surface area contributed by atoms with Crippen molar-refractivity contribution in [2.45, 2.75) is 19.3 Å². The van der Waals surface area contributed by atoms with E-state index in [0.717, 1.165) is 24.6 Å². The third-order valence-corrected chi connectivity index (χ3v) is 7.31. The minimum absolute atomic E-state index is 0.0494. The highest BCUT2D eigenvalue weighted by Crippen LogP contribution is 2.50. The van der Waals surface area contributed by atoms with Crippen molar-refractivity contribution in [2.75, 3.05) is 19.7 Å². The molecule has 1 N–H and O–H groups in total. The molecule has 1 unspecified atom stereocenters. The lowest BCUT2D eigenvalue weighted by Crippen LogP contribution is -2.34. The van der Waals surface area contributed by atoms with Crippen molar-refractivity contribution >= 4 is 29.5 Å². The molecule has 4 nitrogen and oxygen atoms in total. The summed E-state index contributed by atoms with van der Waals surface area (Å²) in [6.07, 6.45) is 0.607. The molecule has 0 amide bonds. The molecule has 1 aromatic carbocycles. The van der Waals surface area contributed by atoms with Gasteiger partial charge in [0, 0.05) is 11.8 Å². The largest absolute Gasteiger partial charge is 0.480 e. The van der Waals surface area contributed by atoms with E-state index in [2.05, 4.69) is 0 Å². The standard InChI is InChI=1S/C13H18NO3PS/c15-13(16)11-14-9-5-2-6-10-17-18(14,19)12-7-3-1-4-8-12/h1,3-4,7-8H,2,5-6,9-11H2,(H,15,16). The number of carboxylic acid groups (broad SMARTS) is 1. The van der Waals surface area contributed by atoms with Crippen molar-refractivity contribution in [3.63, 3.8) is 0 Å². The van der Waals surface area contributed by atoms with Crippen LogP contribution in [-0.4, -0.2) is 35.4 Å². The van der Waals surface area contributed by atoms with Gasteiger partial charge in [-0.3, -0.25) is 4.79 Å². The second-order valence-corrected chi connectivity index (χ2v) is 8.40. The van der Waals surface area contributed by atoms with Gasteiger partial charge in [0.2, 0.25) is 0 Å². The molecule has 1 heterocycles. The first-order valence-corrected chi connectivity index (χ1v) is 9.07. The van der Waals surface area contributed by atoms with Crippen LogP contribution in [-0.2, 0) is 21.1 Å². The highest BCUT2D eigenvalue weighted by atomic mass is 32.4. The Kier molecular flexibility index (Phi) is 5.11. The van der Waals surface area contributed by atoms with Gasteiger partial charge in [0.05, 0.1) is 6.61 Å². The highest BCUT2D eigenvalue weighted by Gasteiger charge is 2.31. The van der Waals surface area contributed by atoms with Crippen molar-refractivity contribution in [1.29, 1.82) is 0 Å². The van der Waals surface area contributed by atoms with E-state index in [1.54, 1.807) is 0 Å². The Morgan fingerprint density at radius 1 is 1.32 bits per heavy atom. The van der Waals surface area contributed by atoms with Gasteiger partial charge in [0.25, 0.3) is 0 Å². The van der Waals surface area contributed by atoms with Crippen molar-refractivity contribution in [3.05, 3.63) is 30.3 Å². The molecule has 0 radical (unpaired) electrons. The average Bonchev–Trinajstić information content (AvgIpc) is 2.39. The van der Waals surface area contributed by atoms with Crippen LogP contribution in [0.3, 0.4) is 0 Å². The zero-order valence-electron chi connectivity index (χ0n) is 10.7. The van der Waals surface area contributed by atoms with Gasteiger partial charge in [-0.1, -0.05) is 30.3 Å². The number of rotatable bonds is 3. The Balaban J connectivity index is 2.33. The summed E-state index contributed by atoms with van der Waals surface area (Å²) >= 11 is 5.76. The van der Waals surface area contributed by atoms with Gasteiger partial charge in [-0.05, 0) is 31.1 Å². The second-order valence-electron chi connectivity index (χ2n) is 4.53. The molecule has 2 rings (SSSR count). The van der Waals surface area contributed by atoms with Crippen molar-refractivity contribution < 1.29 is 14.4 Å². The van der Waals surface area contributed by atoms with Gasteiger partial charge in [0.1, 0.15) is 6.54 Å². The number of hydrogen-bond acceptors (Lipinski definition) is 3. The first kappa shape index (κ1) is 14.7. The Labute approximate surface area is 118 Å². The molecule has 0 aliphatic carbocycles. The molecular formula is C13H18NO3PS. The van der Waals surface area contributed by atoms with E-state index in [0.29, 0.717) is 13.2 Å². The number of carbonyl (C=O) groups is 1. The third-order valence-electron chi connectivity index (χ3n) is 3.10. The molecule has 0 aromatic heterocycles. The van der Waals surface area contributed by atoms with Crippen LogP contribution in [0.4, 0.5) is 0 Å². The minimum atomic E-state index is -2.42. The monoisotopic (exact) mass is 299 g/mol. The lowest BCUT2D eigenvalue weighted by atomic mass is 10.2. The summed E-state index contributed by atoms with van der Waals surface area (Å²) in [6, 6.07) is 9.65. The van der Waals surface area contributed by atoms with Crippen LogP contribution in [0.15, 0.2) is 30.3 Å². The summed E-state index contributed by atoms with van der Waals surface area (Å²) in [7, 11) is 0. The lowest BCUT2D eigenvalue weighted by molar-refractivity contribution is -0.137. The molecule has 1 atom stereocenters. The topological polar surface area (TPSA) is 49.8 Å². The van der Waals surface area contributed by atoms with Crippen LogP contribution < -0.4 is 5.30 Å². The fraction of sp³-hybridized carbons (Fsp3) is 0.462. The van der Waals surface area contributed by atoms with Crippen molar-refractivity contribution in [2.24, 2.45) is 0 Å². The Bertz CT molecular complexity index is 480. The average molecular weight is 299 g/mol. The predicted molar refractivity (Wildman–Crippen MR) is 79.4 cm³/mol. The van der Waals surface area contributed by atoms with Gasteiger partial charge in [-0.25, -0.2) is 4.67 Å². The summed E-state index contributed by atoms with van der Waals surface area (Å²) in [5.41, 5.74) is 0. The molecule has 1 saturated heterocycles. The van der Waals surface area contributed by atoms with Crippen LogP contribution >= 0.6 is 6.42 Å². The van der Waals surface area contributed by atoms with E-state index in [-0.39, 0.29) is 6.54 Å². The molecule has 19 heavy (non-hydrogen) atoms. The lowest BCUT2D eigenvalue weighted by Gasteiger charge is -2.35. The number of benzene rings is 1. The van der Waals surface area contributed by atoms with Crippen LogP contribution in [0.2, 0.25) is 0 Å². The number of hydrogen-bond donors (Lipinski definition) is 1.